The summed E-state index contributed by atoms with van der Waals surface area (Å²) in [5.41, 5.74) is 0. The molecule has 0 amide bonds. The second-order valence-corrected chi connectivity index (χ2v) is 4.79. The Labute approximate surface area is 99.3 Å². The SMILES string of the molecule is CC(C)CCCCNCCCn1ccnc1. The van der Waals surface area contributed by atoms with Crippen molar-refractivity contribution in [3.8, 4) is 0 Å². The highest BCUT2D eigenvalue weighted by molar-refractivity contribution is 4.73. The van der Waals surface area contributed by atoms with Gasteiger partial charge in [0.05, 0.1) is 6.33 Å². The van der Waals surface area contributed by atoms with Crippen molar-refractivity contribution in [2.75, 3.05) is 13.1 Å². The molecule has 0 spiro atoms. The fraction of sp³-hybridized carbons (Fsp3) is 0.769. The molecule has 1 aromatic rings. The summed E-state index contributed by atoms with van der Waals surface area (Å²) in [6.07, 6.45) is 10.9. The van der Waals surface area contributed by atoms with Gasteiger partial charge in [-0.15, -0.1) is 0 Å². The Morgan fingerprint density at radius 1 is 1.19 bits per heavy atom. The largest absolute Gasteiger partial charge is 0.337 e. The van der Waals surface area contributed by atoms with Gasteiger partial charge in [-0.1, -0.05) is 26.7 Å². The van der Waals surface area contributed by atoms with Crippen LogP contribution in [-0.2, 0) is 6.54 Å². The van der Waals surface area contributed by atoms with E-state index in [1.807, 2.05) is 18.7 Å². The molecule has 0 aromatic carbocycles. The number of nitrogens with zero attached hydrogens (tertiary/aromatic N) is 2. The van der Waals surface area contributed by atoms with Crippen molar-refractivity contribution < 1.29 is 0 Å². The summed E-state index contributed by atoms with van der Waals surface area (Å²) in [6, 6.07) is 0. The summed E-state index contributed by atoms with van der Waals surface area (Å²) >= 11 is 0. The van der Waals surface area contributed by atoms with Crippen molar-refractivity contribution in [1.82, 2.24) is 14.9 Å². The molecule has 0 aliphatic carbocycles. The van der Waals surface area contributed by atoms with Crippen molar-refractivity contribution in [3.63, 3.8) is 0 Å². The second kappa shape index (κ2) is 8.34. The highest BCUT2D eigenvalue weighted by Gasteiger charge is 1.94. The minimum atomic E-state index is 0.848. The first-order valence-corrected chi connectivity index (χ1v) is 6.45. The molecule has 0 aliphatic heterocycles. The minimum Gasteiger partial charge on any atom is -0.337 e. The highest BCUT2D eigenvalue weighted by Crippen LogP contribution is 2.04. The van der Waals surface area contributed by atoms with Crippen LogP contribution in [0.15, 0.2) is 18.7 Å². The van der Waals surface area contributed by atoms with Gasteiger partial charge in [0, 0.05) is 18.9 Å². The van der Waals surface area contributed by atoms with Crippen molar-refractivity contribution in [2.45, 2.75) is 46.1 Å². The molecule has 0 atom stereocenters. The maximum atomic E-state index is 4.02. The third-order valence-electron chi connectivity index (χ3n) is 2.71. The maximum absolute atomic E-state index is 4.02. The molecule has 1 aromatic heterocycles. The Kier molecular flexibility index (Phi) is 6.90. The summed E-state index contributed by atoms with van der Waals surface area (Å²) in [5, 5.41) is 3.49. The van der Waals surface area contributed by atoms with Gasteiger partial charge in [-0.2, -0.15) is 0 Å². The minimum absolute atomic E-state index is 0.848. The predicted molar refractivity (Wildman–Crippen MR) is 68.4 cm³/mol. The van der Waals surface area contributed by atoms with Crippen molar-refractivity contribution in [3.05, 3.63) is 18.7 Å². The van der Waals surface area contributed by atoms with Gasteiger partial charge in [0.25, 0.3) is 0 Å². The molecule has 1 heterocycles. The van der Waals surface area contributed by atoms with Gasteiger partial charge >= 0.3 is 0 Å². The van der Waals surface area contributed by atoms with Crippen molar-refractivity contribution in [2.24, 2.45) is 5.92 Å². The van der Waals surface area contributed by atoms with E-state index in [-0.39, 0.29) is 0 Å². The van der Waals surface area contributed by atoms with Gasteiger partial charge in [0.2, 0.25) is 0 Å². The predicted octanol–water partition coefficient (Wildman–Crippen LogP) is 2.69. The first-order chi connectivity index (χ1) is 7.79. The average Bonchev–Trinajstić information content (AvgIpc) is 2.74. The Morgan fingerprint density at radius 3 is 2.69 bits per heavy atom. The van der Waals surface area contributed by atoms with Gasteiger partial charge in [-0.3, -0.25) is 0 Å². The molecule has 0 aliphatic rings. The zero-order valence-corrected chi connectivity index (χ0v) is 10.7. The van der Waals surface area contributed by atoms with Crippen LogP contribution in [0.3, 0.4) is 0 Å². The number of unbranched alkanes of at least 4 members (excludes halogenated alkanes) is 1. The van der Waals surface area contributed by atoms with Gasteiger partial charge in [-0.05, 0) is 31.8 Å². The average molecular weight is 223 g/mol. The molecule has 0 unspecified atom stereocenters. The topological polar surface area (TPSA) is 29.9 Å². The fourth-order valence-corrected chi connectivity index (χ4v) is 1.73. The van der Waals surface area contributed by atoms with E-state index in [2.05, 4.69) is 28.7 Å². The zero-order chi connectivity index (χ0) is 11.6. The Bertz CT molecular complexity index is 242. The Morgan fingerprint density at radius 2 is 2.00 bits per heavy atom. The van der Waals surface area contributed by atoms with Crippen LogP contribution in [0.2, 0.25) is 0 Å². The van der Waals surface area contributed by atoms with Crippen LogP contribution in [-0.4, -0.2) is 22.6 Å². The molecule has 92 valence electrons. The van der Waals surface area contributed by atoms with Gasteiger partial charge in [0.1, 0.15) is 0 Å². The highest BCUT2D eigenvalue weighted by atomic mass is 15.0. The zero-order valence-electron chi connectivity index (χ0n) is 10.7. The third kappa shape index (κ3) is 6.62. The molecule has 0 saturated heterocycles. The molecule has 3 heteroatoms. The number of hydrogen-bond donors (Lipinski definition) is 1. The molecule has 1 N–H and O–H groups in total. The number of hydrogen-bond acceptors (Lipinski definition) is 2. The van der Waals surface area contributed by atoms with Crippen molar-refractivity contribution in [1.29, 1.82) is 0 Å². The lowest BCUT2D eigenvalue weighted by atomic mass is 10.1. The standard InChI is InChI=1S/C13H25N3/c1-13(2)6-3-4-7-14-8-5-10-16-11-9-15-12-16/h9,11-14H,3-8,10H2,1-2H3. The van der Waals surface area contributed by atoms with Crippen LogP contribution < -0.4 is 5.32 Å². The van der Waals surface area contributed by atoms with Gasteiger partial charge in [0.15, 0.2) is 0 Å². The van der Waals surface area contributed by atoms with Crippen LogP contribution in [0, 0.1) is 5.92 Å². The number of rotatable bonds is 9. The summed E-state index contributed by atoms with van der Waals surface area (Å²) in [4.78, 5) is 4.02. The maximum Gasteiger partial charge on any atom is 0.0945 e. The van der Waals surface area contributed by atoms with Crippen molar-refractivity contribution >= 4 is 0 Å². The Hall–Kier alpha value is -0.830. The molecule has 3 nitrogen and oxygen atoms in total. The Balaban J connectivity index is 1.82. The smallest absolute Gasteiger partial charge is 0.0945 e. The molecule has 1 rings (SSSR count). The van der Waals surface area contributed by atoms with Crippen LogP contribution >= 0.6 is 0 Å². The van der Waals surface area contributed by atoms with Gasteiger partial charge < -0.3 is 9.88 Å². The van der Waals surface area contributed by atoms with E-state index < -0.39 is 0 Å². The first kappa shape index (κ1) is 13.2. The lowest BCUT2D eigenvalue weighted by Gasteiger charge is -2.06. The molecular weight excluding hydrogens is 198 g/mol. The number of nitrogens with one attached hydrogen (secondary N) is 1. The fourth-order valence-electron chi connectivity index (χ4n) is 1.73. The lowest BCUT2D eigenvalue weighted by Crippen LogP contribution is -2.18. The third-order valence-corrected chi connectivity index (χ3v) is 2.71. The molecule has 0 saturated carbocycles. The van der Waals surface area contributed by atoms with E-state index >= 15 is 0 Å². The molecule has 16 heavy (non-hydrogen) atoms. The van der Waals surface area contributed by atoms with E-state index in [0.717, 1.165) is 25.6 Å². The monoisotopic (exact) mass is 223 g/mol. The van der Waals surface area contributed by atoms with E-state index in [1.54, 1.807) is 0 Å². The molecule has 0 fully saturated rings. The van der Waals surface area contributed by atoms with Crippen LogP contribution in [0.5, 0.6) is 0 Å². The van der Waals surface area contributed by atoms with E-state index in [9.17, 15) is 0 Å². The normalized spacial score (nSPS) is 11.2. The van der Waals surface area contributed by atoms with E-state index in [0.29, 0.717) is 0 Å². The van der Waals surface area contributed by atoms with E-state index in [1.165, 1.54) is 25.7 Å². The number of aryl methyl sites for hydroxylation is 1. The van der Waals surface area contributed by atoms with E-state index in [4.69, 9.17) is 0 Å². The first-order valence-electron chi connectivity index (χ1n) is 6.45. The number of aromatic nitrogens is 2. The molecule has 0 bridgehead atoms. The summed E-state index contributed by atoms with van der Waals surface area (Å²) < 4.78 is 2.13. The summed E-state index contributed by atoms with van der Waals surface area (Å²) in [7, 11) is 0. The quantitative estimate of drug-likeness (QED) is 0.652. The summed E-state index contributed by atoms with van der Waals surface area (Å²) in [6.45, 7) is 7.92. The van der Waals surface area contributed by atoms with Crippen LogP contribution in [0.25, 0.3) is 0 Å². The lowest BCUT2D eigenvalue weighted by molar-refractivity contribution is 0.511. The van der Waals surface area contributed by atoms with Crippen LogP contribution in [0.1, 0.15) is 39.5 Å². The molecular formula is C13H25N3. The van der Waals surface area contributed by atoms with Gasteiger partial charge in [-0.25, -0.2) is 4.98 Å². The van der Waals surface area contributed by atoms with Crippen LogP contribution in [0.4, 0.5) is 0 Å². The number of imidazole rings is 1. The summed E-state index contributed by atoms with van der Waals surface area (Å²) in [5.74, 6) is 0.848. The second-order valence-electron chi connectivity index (χ2n) is 4.79. The molecule has 0 radical (unpaired) electrons.